The minimum absolute atomic E-state index is 0.735. The summed E-state index contributed by atoms with van der Waals surface area (Å²) in [5.41, 5.74) is 6.86. The summed E-state index contributed by atoms with van der Waals surface area (Å²) in [6.45, 7) is 5.99. The quantitative estimate of drug-likeness (QED) is 0.461. The zero-order chi connectivity index (χ0) is 13.0. The van der Waals surface area contributed by atoms with Crippen LogP contribution < -0.4 is 5.73 Å². The van der Waals surface area contributed by atoms with Gasteiger partial charge < -0.3 is 10.2 Å². The first-order chi connectivity index (χ1) is 8.77. The fraction of sp³-hybridized carbons (Fsp3) is 0.375. The highest BCUT2D eigenvalue weighted by molar-refractivity contribution is 5.96. The van der Waals surface area contributed by atoms with Crippen LogP contribution in [0.3, 0.4) is 0 Å². The SMILES string of the molecule is C=CCc1oc(CCCCC)c2cccc(N)c12. The Morgan fingerprint density at radius 2 is 2.11 bits per heavy atom. The third kappa shape index (κ3) is 2.42. The Hall–Kier alpha value is -1.70. The fourth-order valence-electron chi connectivity index (χ4n) is 2.36. The molecule has 0 atom stereocenters. The van der Waals surface area contributed by atoms with Gasteiger partial charge in [0.2, 0.25) is 0 Å². The molecule has 0 fully saturated rings. The van der Waals surface area contributed by atoms with Gasteiger partial charge >= 0.3 is 0 Å². The van der Waals surface area contributed by atoms with Crippen molar-refractivity contribution in [3.63, 3.8) is 0 Å². The number of furan rings is 1. The van der Waals surface area contributed by atoms with Gasteiger partial charge in [0.05, 0.1) is 0 Å². The molecule has 0 bridgehead atoms. The third-order valence-corrected chi connectivity index (χ3v) is 3.26. The molecule has 0 aliphatic heterocycles. The molecule has 2 nitrogen and oxygen atoms in total. The van der Waals surface area contributed by atoms with Crippen molar-refractivity contribution >= 4 is 16.5 Å². The summed E-state index contributed by atoms with van der Waals surface area (Å²) >= 11 is 0. The van der Waals surface area contributed by atoms with Crippen LogP contribution in [0.1, 0.15) is 37.7 Å². The number of anilines is 1. The first-order valence-corrected chi connectivity index (χ1v) is 6.67. The molecule has 96 valence electrons. The molecular formula is C16H21NO. The van der Waals surface area contributed by atoms with E-state index in [9.17, 15) is 0 Å². The highest BCUT2D eigenvalue weighted by Gasteiger charge is 2.13. The lowest BCUT2D eigenvalue weighted by Crippen LogP contribution is -1.87. The number of rotatable bonds is 6. The molecule has 0 unspecified atom stereocenters. The minimum Gasteiger partial charge on any atom is -0.464 e. The maximum Gasteiger partial charge on any atom is 0.117 e. The molecular weight excluding hydrogens is 222 g/mol. The van der Waals surface area contributed by atoms with Crippen LogP contribution in [0.15, 0.2) is 35.3 Å². The molecule has 0 radical (unpaired) electrons. The van der Waals surface area contributed by atoms with Gasteiger partial charge in [0, 0.05) is 29.3 Å². The van der Waals surface area contributed by atoms with E-state index in [1.165, 1.54) is 24.6 Å². The van der Waals surface area contributed by atoms with Gasteiger partial charge in [-0.25, -0.2) is 0 Å². The summed E-state index contributed by atoms with van der Waals surface area (Å²) in [5, 5.41) is 2.24. The maximum absolute atomic E-state index is 6.06. The molecule has 18 heavy (non-hydrogen) atoms. The lowest BCUT2D eigenvalue weighted by Gasteiger charge is -1.98. The van der Waals surface area contributed by atoms with E-state index in [1.807, 2.05) is 18.2 Å². The van der Waals surface area contributed by atoms with Crippen molar-refractivity contribution < 1.29 is 4.42 Å². The first kappa shape index (κ1) is 12.7. The molecule has 0 saturated carbocycles. The van der Waals surface area contributed by atoms with E-state index in [0.717, 1.165) is 35.4 Å². The Morgan fingerprint density at radius 1 is 1.28 bits per heavy atom. The van der Waals surface area contributed by atoms with Crippen molar-refractivity contribution in [3.05, 3.63) is 42.4 Å². The van der Waals surface area contributed by atoms with Gasteiger partial charge in [-0.05, 0) is 12.5 Å². The number of benzene rings is 1. The van der Waals surface area contributed by atoms with E-state index in [1.54, 1.807) is 0 Å². The first-order valence-electron chi connectivity index (χ1n) is 6.67. The van der Waals surface area contributed by atoms with Crippen molar-refractivity contribution in [3.8, 4) is 0 Å². The summed E-state index contributed by atoms with van der Waals surface area (Å²) in [5.74, 6) is 2.02. The Balaban J connectivity index is 2.40. The number of hydrogen-bond donors (Lipinski definition) is 1. The number of nitrogen functional groups attached to an aromatic ring is 1. The standard InChI is InChI=1S/C16H21NO/c1-3-5-6-11-14-12-9-7-10-13(17)16(12)15(18-14)8-4-2/h4,7,9-10H,2-3,5-6,8,11,17H2,1H3. The normalized spacial score (nSPS) is 10.9. The predicted molar refractivity (Wildman–Crippen MR) is 77.8 cm³/mol. The lowest BCUT2D eigenvalue weighted by molar-refractivity contribution is 0.471. The highest BCUT2D eigenvalue weighted by atomic mass is 16.3. The molecule has 2 rings (SSSR count). The van der Waals surface area contributed by atoms with Crippen LogP contribution in [0.4, 0.5) is 5.69 Å². The molecule has 0 saturated heterocycles. The van der Waals surface area contributed by atoms with Gasteiger partial charge in [-0.2, -0.15) is 0 Å². The van der Waals surface area contributed by atoms with Crippen molar-refractivity contribution in [2.45, 2.75) is 39.0 Å². The largest absolute Gasteiger partial charge is 0.464 e. The summed E-state index contributed by atoms with van der Waals surface area (Å²) in [6.07, 6.45) is 7.22. The fourth-order valence-corrected chi connectivity index (χ4v) is 2.36. The van der Waals surface area contributed by atoms with E-state index in [0.29, 0.717) is 0 Å². The maximum atomic E-state index is 6.06. The Morgan fingerprint density at radius 3 is 2.83 bits per heavy atom. The third-order valence-electron chi connectivity index (χ3n) is 3.26. The van der Waals surface area contributed by atoms with Gasteiger partial charge in [0.25, 0.3) is 0 Å². The van der Waals surface area contributed by atoms with E-state index in [2.05, 4.69) is 19.6 Å². The lowest BCUT2D eigenvalue weighted by atomic mass is 10.1. The molecule has 1 aromatic carbocycles. The van der Waals surface area contributed by atoms with E-state index in [4.69, 9.17) is 10.2 Å². The second-order valence-electron chi connectivity index (χ2n) is 4.67. The highest BCUT2D eigenvalue weighted by Crippen LogP contribution is 2.32. The van der Waals surface area contributed by atoms with E-state index < -0.39 is 0 Å². The van der Waals surface area contributed by atoms with Crippen LogP contribution in [0.5, 0.6) is 0 Å². The molecule has 2 aromatic rings. The summed E-state index contributed by atoms with van der Waals surface area (Å²) < 4.78 is 5.98. The minimum atomic E-state index is 0.735. The number of fused-ring (bicyclic) bond motifs is 1. The van der Waals surface area contributed by atoms with Gasteiger partial charge in [-0.3, -0.25) is 0 Å². The van der Waals surface area contributed by atoms with Crippen molar-refractivity contribution in [2.24, 2.45) is 0 Å². The molecule has 0 aliphatic rings. The van der Waals surface area contributed by atoms with E-state index >= 15 is 0 Å². The zero-order valence-electron chi connectivity index (χ0n) is 11.0. The van der Waals surface area contributed by atoms with E-state index in [-0.39, 0.29) is 0 Å². The van der Waals surface area contributed by atoms with Crippen LogP contribution in [0.2, 0.25) is 0 Å². The van der Waals surface area contributed by atoms with Crippen LogP contribution in [-0.2, 0) is 12.8 Å². The Kier molecular flexibility index (Phi) is 4.08. The molecule has 1 aromatic heterocycles. The number of hydrogen-bond acceptors (Lipinski definition) is 2. The molecule has 1 heterocycles. The number of unbranched alkanes of at least 4 members (excludes halogenated alkanes) is 2. The average molecular weight is 243 g/mol. The zero-order valence-corrected chi connectivity index (χ0v) is 11.0. The topological polar surface area (TPSA) is 39.2 Å². The second-order valence-corrected chi connectivity index (χ2v) is 4.67. The van der Waals surface area contributed by atoms with Gasteiger partial charge in [-0.15, -0.1) is 6.58 Å². The van der Waals surface area contributed by atoms with Crippen LogP contribution >= 0.6 is 0 Å². The van der Waals surface area contributed by atoms with Crippen LogP contribution in [0, 0.1) is 0 Å². The van der Waals surface area contributed by atoms with Crippen molar-refractivity contribution in [2.75, 3.05) is 5.73 Å². The average Bonchev–Trinajstić information content (AvgIpc) is 2.70. The monoisotopic (exact) mass is 243 g/mol. The van der Waals surface area contributed by atoms with Crippen LogP contribution in [-0.4, -0.2) is 0 Å². The Bertz CT molecular complexity index is 539. The Labute approximate surface area is 108 Å². The number of allylic oxidation sites excluding steroid dienone is 1. The molecule has 2 heteroatoms. The van der Waals surface area contributed by atoms with Crippen LogP contribution in [0.25, 0.3) is 10.8 Å². The summed E-state index contributed by atoms with van der Waals surface area (Å²) in [7, 11) is 0. The van der Waals surface area contributed by atoms with Gasteiger partial charge in [0.1, 0.15) is 11.5 Å². The van der Waals surface area contributed by atoms with Gasteiger partial charge in [-0.1, -0.05) is 38.0 Å². The van der Waals surface area contributed by atoms with Gasteiger partial charge in [0.15, 0.2) is 0 Å². The smallest absolute Gasteiger partial charge is 0.117 e. The summed E-state index contributed by atoms with van der Waals surface area (Å²) in [6, 6.07) is 6.03. The molecule has 0 aliphatic carbocycles. The second kappa shape index (κ2) is 5.76. The van der Waals surface area contributed by atoms with Crippen molar-refractivity contribution in [1.29, 1.82) is 0 Å². The predicted octanol–water partition coefficient (Wildman–Crippen LogP) is 4.48. The molecule has 2 N–H and O–H groups in total. The van der Waals surface area contributed by atoms with Crippen molar-refractivity contribution in [1.82, 2.24) is 0 Å². The molecule has 0 amide bonds. The number of aryl methyl sites for hydroxylation is 1. The summed E-state index contributed by atoms with van der Waals surface area (Å²) in [4.78, 5) is 0. The molecule has 0 spiro atoms. The number of nitrogens with two attached hydrogens (primary N) is 1.